The van der Waals surface area contributed by atoms with E-state index in [2.05, 4.69) is 11.4 Å². The van der Waals surface area contributed by atoms with E-state index in [9.17, 15) is 9.59 Å². The summed E-state index contributed by atoms with van der Waals surface area (Å²) in [7, 11) is 0. The summed E-state index contributed by atoms with van der Waals surface area (Å²) >= 11 is 0. The van der Waals surface area contributed by atoms with Crippen molar-refractivity contribution < 1.29 is 9.59 Å². The van der Waals surface area contributed by atoms with Crippen LogP contribution in [-0.2, 0) is 9.59 Å². The van der Waals surface area contributed by atoms with E-state index < -0.39 is 0 Å². The number of anilines is 1. The Kier molecular flexibility index (Phi) is 6.20. The second-order valence-corrected chi connectivity index (χ2v) is 6.59. The fourth-order valence-corrected chi connectivity index (χ4v) is 3.36. The minimum atomic E-state index is 0.00358. The molecule has 23 heavy (non-hydrogen) atoms. The number of hydrogen-bond donors (Lipinski definition) is 1. The molecule has 1 aromatic carbocycles. The van der Waals surface area contributed by atoms with Crippen LogP contribution in [0.15, 0.2) is 18.2 Å². The fraction of sp³-hybridized carbons (Fsp3) is 0.579. The molecular weight excluding hydrogens is 288 g/mol. The number of hydrogen-bond acceptors (Lipinski definition) is 2. The Balaban J connectivity index is 1.92. The Labute approximate surface area is 139 Å². The molecule has 0 atom stereocenters. The van der Waals surface area contributed by atoms with Crippen molar-refractivity contribution in [2.75, 3.05) is 18.0 Å². The smallest absolute Gasteiger partial charge is 0.223 e. The lowest BCUT2D eigenvalue weighted by molar-refractivity contribution is -0.126. The number of nitrogens with one attached hydrogen (secondary N) is 1. The largest absolute Gasteiger partial charge is 0.354 e. The molecule has 0 bridgehead atoms. The maximum Gasteiger partial charge on any atom is 0.223 e. The topological polar surface area (TPSA) is 49.4 Å². The third-order valence-corrected chi connectivity index (χ3v) is 4.63. The SMILES string of the molecule is CC(=O)N(CCNC(=O)C1CCCCC1)c1ccc(C)cc1C. The van der Waals surface area contributed by atoms with Gasteiger partial charge in [0.2, 0.25) is 11.8 Å². The summed E-state index contributed by atoms with van der Waals surface area (Å²) < 4.78 is 0. The first-order valence-corrected chi connectivity index (χ1v) is 8.62. The minimum Gasteiger partial charge on any atom is -0.354 e. The van der Waals surface area contributed by atoms with Gasteiger partial charge in [0.05, 0.1) is 0 Å². The van der Waals surface area contributed by atoms with Gasteiger partial charge in [0.1, 0.15) is 0 Å². The van der Waals surface area contributed by atoms with Crippen molar-refractivity contribution in [1.82, 2.24) is 5.32 Å². The first kappa shape index (κ1) is 17.5. The van der Waals surface area contributed by atoms with Crippen LogP contribution >= 0.6 is 0 Å². The molecule has 1 saturated carbocycles. The molecule has 0 aromatic heterocycles. The third-order valence-electron chi connectivity index (χ3n) is 4.63. The van der Waals surface area contributed by atoms with Crippen molar-refractivity contribution in [2.24, 2.45) is 5.92 Å². The van der Waals surface area contributed by atoms with E-state index in [0.29, 0.717) is 13.1 Å². The highest BCUT2D eigenvalue weighted by Gasteiger charge is 2.21. The van der Waals surface area contributed by atoms with E-state index in [1.807, 2.05) is 26.0 Å². The lowest BCUT2D eigenvalue weighted by Gasteiger charge is -2.25. The molecule has 4 nitrogen and oxygen atoms in total. The molecule has 126 valence electrons. The van der Waals surface area contributed by atoms with Crippen molar-refractivity contribution in [1.29, 1.82) is 0 Å². The molecule has 0 aliphatic heterocycles. The average Bonchev–Trinajstić information content (AvgIpc) is 2.53. The van der Waals surface area contributed by atoms with Gasteiger partial charge in [-0.2, -0.15) is 0 Å². The molecule has 1 N–H and O–H groups in total. The van der Waals surface area contributed by atoms with Crippen LogP contribution in [0.2, 0.25) is 0 Å². The third kappa shape index (κ3) is 4.81. The number of rotatable bonds is 5. The number of nitrogens with zero attached hydrogens (tertiary/aromatic N) is 1. The number of amides is 2. The van der Waals surface area contributed by atoms with Crippen molar-refractivity contribution in [3.05, 3.63) is 29.3 Å². The molecule has 0 saturated heterocycles. The zero-order valence-electron chi connectivity index (χ0n) is 14.5. The molecule has 1 aliphatic carbocycles. The molecular formula is C19H28N2O2. The monoisotopic (exact) mass is 316 g/mol. The first-order valence-electron chi connectivity index (χ1n) is 8.62. The maximum atomic E-state index is 12.2. The summed E-state index contributed by atoms with van der Waals surface area (Å²) in [5.74, 6) is 0.313. The van der Waals surface area contributed by atoms with Gasteiger partial charge in [0.25, 0.3) is 0 Å². The second-order valence-electron chi connectivity index (χ2n) is 6.59. The zero-order chi connectivity index (χ0) is 16.8. The van der Waals surface area contributed by atoms with Crippen molar-refractivity contribution in [3.63, 3.8) is 0 Å². The van der Waals surface area contributed by atoms with E-state index in [1.165, 1.54) is 12.0 Å². The summed E-state index contributed by atoms with van der Waals surface area (Å²) in [6.07, 6.45) is 5.55. The van der Waals surface area contributed by atoms with Crippen molar-refractivity contribution in [2.45, 2.75) is 52.9 Å². The summed E-state index contributed by atoms with van der Waals surface area (Å²) in [6, 6.07) is 6.07. The molecule has 4 heteroatoms. The highest BCUT2D eigenvalue weighted by Crippen LogP contribution is 2.24. The Morgan fingerprint density at radius 1 is 1.17 bits per heavy atom. The molecule has 0 unspecified atom stereocenters. The van der Waals surface area contributed by atoms with Gasteiger partial charge in [-0.3, -0.25) is 9.59 Å². The van der Waals surface area contributed by atoms with E-state index in [4.69, 9.17) is 0 Å². The van der Waals surface area contributed by atoms with Gasteiger partial charge >= 0.3 is 0 Å². The van der Waals surface area contributed by atoms with E-state index in [0.717, 1.165) is 36.9 Å². The zero-order valence-corrected chi connectivity index (χ0v) is 14.5. The number of benzene rings is 1. The van der Waals surface area contributed by atoms with Crippen LogP contribution in [0.1, 0.15) is 50.2 Å². The van der Waals surface area contributed by atoms with Gasteiger partial charge in [-0.25, -0.2) is 0 Å². The average molecular weight is 316 g/mol. The molecule has 1 aliphatic rings. The minimum absolute atomic E-state index is 0.00358. The Bertz CT molecular complexity index is 562. The standard InChI is InChI=1S/C19H28N2O2/c1-14-9-10-18(15(2)13-14)21(16(3)22)12-11-20-19(23)17-7-5-4-6-8-17/h9-10,13,17H,4-8,11-12H2,1-3H3,(H,20,23). The van der Waals surface area contributed by atoms with Crippen LogP contribution in [-0.4, -0.2) is 24.9 Å². The Hall–Kier alpha value is -1.84. The van der Waals surface area contributed by atoms with Gasteiger partial charge < -0.3 is 10.2 Å². The normalized spacial score (nSPS) is 15.3. The van der Waals surface area contributed by atoms with Gasteiger partial charge in [-0.15, -0.1) is 0 Å². The highest BCUT2D eigenvalue weighted by molar-refractivity contribution is 5.92. The first-order chi connectivity index (χ1) is 11.0. The predicted molar refractivity (Wildman–Crippen MR) is 93.5 cm³/mol. The second kappa shape index (κ2) is 8.14. The number of carbonyl (C=O) groups excluding carboxylic acids is 2. The van der Waals surface area contributed by atoms with Gasteiger partial charge in [0.15, 0.2) is 0 Å². The highest BCUT2D eigenvalue weighted by atomic mass is 16.2. The molecule has 1 fully saturated rings. The van der Waals surface area contributed by atoms with Crippen LogP contribution in [0, 0.1) is 19.8 Å². The van der Waals surface area contributed by atoms with E-state index >= 15 is 0 Å². The Morgan fingerprint density at radius 2 is 1.87 bits per heavy atom. The molecule has 2 rings (SSSR count). The van der Waals surface area contributed by atoms with Gasteiger partial charge in [-0.05, 0) is 38.3 Å². The molecule has 0 heterocycles. The van der Waals surface area contributed by atoms with Crippen LogP contribution in [0.5, 0.6) is 0 Å². The predicted octanol–water partition coefficient (Wildman–Crippen LogP) is 3.35. The van der Waals surface area contributed by atoms with Crippen LogP contribution in [0.25, 0.3) is 0 Å². The summed E-state index contributed by atoms with van der Waals surface area (Å²) in [6.45, 7) is 6.64. The van der Waals surface area contributed by atoms with Gasteiger partial charge in [0, 0.05) is 31.6 Å². The lowest BCUT2D eigenvalue weighted by Crippen LogP contribution is -2.40. The summed E-state index contributed by atoms with van der Waals surface area (Å²) in [4.78, 5) is 25.9. The van der Waals surface area contributed by atoms with Crippen LogP contribution in [0.3, 0.4) is 0 Å². The lowest BCUT2D eigenvalue weighted by atomic mass is 9.89. The van der Waals surface area contributed by atoms with E-state index in [1.54, 1.807) is 11.8 Å². The quantitative estimate of drug-likeness (QED) is 0.905. The molecule has 0 radical (unpaired) electrons. The molecule has 1 aromatic rings. The van der Waals surface area contributed by atoms with Crippen molar-refractivity contribution >= 4 is 17.5 Å². The summed E-state index contributed by atoms with van der Waals surface area (Å²) in [5, 5.41) is 3.01. The number of carbonyl (C=O) groups is 2. The number of aryl methyl sites for hydroxylation is 2. The van der Waals surface area contributed by atoms with E-state index in [-0.39, 0.29) is 17.7 Å². The fourth-order valence-electron chi connectivity index (χ4n) is 3.36. The Morgan fingerprint density at radius 3 is 2.48 bits per heavy atom. The molecule has 2 amide bonds. The van der Waals surface area contributed by atoms with Crippen LogP contribution < -0.4 is 10.2 Å². The van der Waals surface area contributed by atoms with Gasteiger partial charge in [-0.1, -0.05) is 37.0 Å². The summed E-state index contributed by atoms with van der Waals surface area (Å²) in [5.41, 5.74) is 3.19. The molecule has 0 spiro atoms. The maximum absolute atomic E-state index is 12.2. The van der Waals surface area contributed by atoms with Crippen LogP contribution in [0.4, 0.5) is 5.69 Å². The van der Waals surface area contributed by atoms with Crippen molar-refractivity contribution in [3.8, 4) is 0 Å².